The van der Waals surface area contributed by atoms with Crippen LogP contribution in [0.2, 0.25) is 0 Å². The summed E-state index contributed by atoms with van der Waals surface area (Å²) in [6, 6.07) is -0.0269. The SMILES string of the molecule is Cc1nn([C@@H](C)[C@H](C)O)cc1N. The van der Waals surface area contributed by atoms with E-state index in [1.54, 1.807) is 17.8 Å². The molecular weight excluding hydrogens is 154 g/mol. The van der Waals surface area contributed by atoms with E-state index < -0.39 is 6.10 Å². The van der Waals surface area contributed by atoms with Crippen LogP contribution in [0.1, 0.15) is 25.6 Å². The number of hydrogen-bond donors (Lipinski definition) is 2. The molecular formula is C8H15N3O. The van der Waals surface area contributed by atoms with Gasteiger partial charge in [0.15, 0.2) is 0 Å². The molecule has 1 rings (SSSR count). The first-order valence-corrected chi connectivity index (χ1v) is 4.01. The molecule has 1 heterocycles. The summed E-state index contributed by atoms with van der Waals surface area (Å²) in [6.45, 7) is 5.48. The summed E-state index contributed by atoms with van der Waals surface area (Å²) in [5.41, 5.74) is 7.09. The average molecular weight is 169 g/mol. The molecule has 0 amide bonds. The smallest absolute Gasteiger partial charge is 0.0823 e. The van der Waals surface area contributed by atoms with Crippen molar-refractivity contribution in [3.05, 3.63) is 11.9 Å². The van der Waals surface area contributed by atoms with Crippen LogP contribution in [0, 0.1) is 6.92 Å². The van der Waals surface area contributed by atoms with Gasteiger partial charge in [-0.15, -0.1) is 0 Å². The molecule has 12 heavy (non-hydrogen) atoms. The Balaban J connectivity index is 2.89. The zero-order chi connectivity index (χ0) is 9.30. The Kier molecular flexibility index (Phi) is 2.38. The van der Waals surface area contributed by atoms with Crippen molar-refractivity contribution < 1.29 is 5.11 Å². The second-order valence-electron chi connectivity index (χ2n) is 3.13. The second-order valence-corrected chi connectivity index (χ2v) is 3.13. The highest BCUT2D eigenvalue weighted by Gasteiger charge is 2.12. The van der Waals surface area contributed by atoms with Gasteiger partial charge in [-0.3, -0.25) is 4.68 Å². The molecule has 0 aliphatic carbocycles. The maximum atomic E-state index is 9.27. The predicted molar refractivity (Wildman–Crippen MR) is 47.8 cm³/mol. The van der Waals surface area contributed by atoms with Gasteiger partial charge < -0.3 is 10.8 Å². The highest BCUT2D eigenvalue weighted by Crippen LogP contribution is 2.14. The van der Waals surface area contributed by atoms with E-state index in [1.165, 1.54) is 0 Å². The average Bonchev–Trinajstić information content (AvgIpc) is 2.30. The van der Waals surface area contributed by atoms with Crippen LogP contribution in [0.25, 0.3) is 0 Å². The fourth-order valence-electron chi connectivity index (χ4n) is 0.925. The van der Waals surface area contributed by atoms with E-state index in [2.05, 4.69) is 5.10 Å². The number of aromatic nitrogens is 2. The minimum Gasteiger partial charge on any atom is -0.396 e. The zero-order valence-corrected chi connectivity index (χ0v) is 7.65. The molecule has 1 aromatic rings. The number of rotatable bonds is 2. The van der Waals surface area contributed by atoms with Crippen LogP contribution in [0.4, 0.5) is 5.69 Å². The molecule has 0 aliphatic heterocycles. The molecule has 0 radical (unpaired) electrons. The molecule has 2 atom stereocenters. The first-order chi connectivity index (χ1) is 5.52. The number of aliphatic hydroxyl groups excluding tert-OH is 1. The Hall–Kier alpha value is -1.03. The van der Waals surface area contributed by atoms with Gasteiger partial charge in [-0.25, -0.2) is 0 Å². The third-order valence-corrected chi connectivity index (χ3v) is 2.07. The number of hydrogen-bond acceptors (Lipinski definition) is 3. The third-order valence-electron chi connectivity index (χ3n) is 2.07. The van der Waals surface area contributed by atoms with Crippen molar-refractivity contribution >= 4 is 5.69 Å². The van der Waals surface area contributed by atoms with Crippen LogP contribution < -0.4 is 5.73 Å². The van der Waals surface area contributed by atoms with Crippen LogP contribution in [-0.4, -0.2) is 21.0 Å². The highest BCUT2D eigenvalue weighted by molar-refractivity contribution is 5.39. The van der Waals surface area contributed by atoms with Crippen molar-refractivity contribution in [2.45, 2.75) is 32.9 Å². The first-order valence-electron chi connectivity index (χ1n) is 4.01. The van der Waals surface area contributed by atoms with Gasteiger partial charge >= 0.3 is 0 Å². The number of nitrogens with two attached hydrogens (primary N) is 1. The zero-order valence-electron chi connectivity index (χ0n) is 7.65. The molecule has 0 fully saturated rings. The number of aryl methyl sites for hydroxylation is 1. The molecule has 0 aliphatic rings. The fraction of sp³-hybridized carbons (Fsp3) is 0.625. The van der Waals surface area contributed by atoms with Crippen molar-refractivity contribution in [1.82, 2.24) is 9.78 Å². The molecule has 0 unspecified atom stereocenters. The summed E-state index contributed by atoms with van der Waals surface area (Å²) in [5, 5.41) is 13.4. The minimum atomic E-state index is -0.413. The van der Waals surface area contributed by atoms with Crippen LogP contribution in [0.3, 0.4) is 0 Å². The van der Waals surface area contributed by atoms with Crippen molar-refractivity contribution in [3.8, 4) is 0 Å². The Labute approximate surface area is 72.0 Å². The van der Waals surface area contributed by atoms with Gasteiger partial charge in [-0.1, -0.05) is 0 Å². The van der Waals surface area contributed by atoms with E-state index >= 15 is 0 Å². The molecule has 0 spiro atoms. The number of anilines is 1. The van der Waals surface area contributed by atoms with E-state index in [0.29, 0.717) is 5.69 Å². The van der Waals surface area contributed by atoms with E-state index in [4.69, 9.17) is 5.73 Å². The molecule has 68 valence electrons. The van der Waals surface area contributed by atoms with Gasteiger partial charge in [-0.2, -0.15) is 5.10 Å². The van der Waals surface area contributed by atoms with Crippen molar-refractivity contribution in [3.63, 3.8) is 0 Å². The molecule has 3 N–H and O–H groups in total. The molecule has 4 nitrogen and oxygen atoms in total. The Morgan fingerprint density at radius 1 is 1.58 bits per heavy atom. The first kappa shape index (κ1) is 9.06. The summed E-state index contributed by atoms with van der Waals surface area (Å²) in [4.78, 5) is 0. The van der Waals surface area contributed by atoms with Gasteiger partial charge in [0, 0.05) is 6.20 Å². The minimum absolute atomic E-state index is 0.0269. The summed E-state index contributed by atoms with van der Waals surface area (Å²) < 4.78 is 1.69. The lowest BCUT2D eigenvalue weighted by Crippen LogP contribution is -2.18. The monoisotopic (exact) mass is 169 g/mol. The van der Waals surface area contributed by atoms with Crippen molar-refractivity contribution in [1.29, 1.82) is 0 Å². The Bertz CT molecular complexity index is 248. The lowest BCUT2D eigenvalue weighted by atomic mass is 10.2. The maximum Gasteiger partial charge on any atom is 0.0823 e. The van der Waals surface area contributed by atoms with Gasteiger partial charge in [0.2, 0.25) is 0 Å². The van der Waals surface area contributed by atoms with E-state index in [0.717, 1.165) is 5.69 Å². The molecule has 0 saturated heterocycles. The second kappa shape index (κ2) is 3.15. The molecule has 4 heteroatoms. The number of aliphatic hydroxyl groups is 1. The highest BCUT2D eigenvalue weighted by atomic mass is 16.3. The Morgan fingerprint density at radius 2 is 2.17 bits per heavy atom. The van der Waals surface area contributed by atoms with Crippen molar-refractivity contribution in [2.75, 3.05) is 5.73 Å². The van der Waals surface area contributed by atoms with E-state index in [-0.39, 0.29) is 6.04 Å². The van der Waals surface area contributed by atoms with Crippen LogP contribution in [0.5, 0.6) is 0 Å². The molecule has 0 bridgehead atoms. The summed E-state index contributed by atoms with van der Waals surface area (Å²) >= 11 is 0. The normalized spacial score (nSPS) is 16.0. The predicted octanol–water partition coefficient (Wildman–Crippen LogP) is 0.716. The lowest BCUT2D eigenvalue weighted by molar-refractivity contribution is 0.132. The summed E-state index contributed by atoms with van der Waals surface area (Å²) in [6.07, 6.45) is 1.33. The van der Waals surface area contributed by atoms with Gasteiger partial charge in [0.1, 0.15) is 0 Å². The summed E-state index contributed by atoms with van der Waals surface area (Å²) in [5.74, 6) is 0. The topological polar surface area (TPSA) is 64.1 Å². The van der Waals surface area contributed by atoms with Crippen molar-refractivity contribution in [2.24, 2.45) is 0 Å². The number of nitrogen functional groups attached to an aromatic ring is 1. The largest absolute Gasteiger partial charge is 0.396 e. The maximum absolute atomic E-state index is 9.27. The molecule has 0 aromatic carbocycles. The summed E-state index contributed by atoms with van der Waals surface area (Å²) in [7, 11) is 0. The lowest BCUT2D eigenvalue weighted by Gasteiger charge is -2.14. The molecule has 1 aromatic heterocycles. The van der Waals surface area contributed by atoms with Crippen LogP contribution in [0.15, 0.2) is 6.20 Å². The fourth-order valence-corrected chi connectivity index (χ4v) is 0.925. The van der Waals surface area contributed by atoms with Gasteiger partial charge in [0.25, 0.3) is 0 Å². The van der Waals surface area contributed by atoms with Crippen LogP contribution >= 0.6 is 0 Å². The van der Waals surface area contributed by atoms with Crippen LogP contribution in [-0.2, 0) is 0 Å². The standard InChI is InChI=1S/C8H15N3O/c1-5-8(9)4-11(10-5)6(2)7(3)12/h4,6-7,12H,9H2,1-3H3/t6-,7-/m0/s1. The molecule has 0 saturated carbocycles. The third kappa shape index (κ3) is 1.58. The van der Waals surface area contributed by atoms with Gasteiger partial charge in [-0.05, 0) is 20.8 Å². The van der Waals surface area contributed by atoms with E-state index in [1.807, 2.05) is 13.8 Å². The number of nitrogens with zero attached hydrogens (tertiary/aromatic N) is 2. The quantitative estimate of drug-likeness (QED) is 0.685. The Morgan fingerprint density at radius 3 is 2.50 bits per heavy atom. The van der Waals surface area contributed by atoms with Gasteiger partial charge in [0.05, 0.1) is 23.5 Å². The van der Waals surface area contributed by atoms with E-state index in [9.17, 15) is 5.11 Å².